The molecular weight excluding hydrogens is 436 g/mol. The first-order chi connectivity index (χ1) is 16.2. The van der Waals surface area contributed by atoms with Gasteiger partial charge in [0.15, 0.2) is 12.3 Å². The van der Waals surface area contributed by atoms with E-state index in [0.29, 0.717) is 5.56 Å². The minimum atomic E-state index is -0.786. The van der Waals surface area contributed by atoms with Crippen molar-refractivity contribution in [2.24, 2.45) is 5.92 Å². The summed E-state index contributed by atoms with van der Waals surface area (Å²) in [6.07, 6.45) is 0. The number of nitrogens with one attached hydrogen (secondary N) is 1. The SMILES string of the molecule is Cc1ccc(C(=O)OCC(=O)N(CC(C)C)c2c(N)n(Cc3ccccc3)c(=O)[nH]c2=O)cc1. The second-order valence-corrected chi connectivity index (χ2v) is 8.41. The van der Waals surface area contributed by atoms with E-state index in [0.717, 1.165) is 11.1 Å². The standard InChI is InChI=1S/C25H28N4O5/c1-16(2)13-28(20(30)15-34-24(32)19-11-9-17(3)10-12-19)21-22(26)29(25(33)27-23(21)31)14-18-7-5-4-6-8-18/h4-12,16H,13-15,26H2,1-3H3,(H,27,31,33). The fourth-order valence-electron chi connectivity index (χ4n) is 3.42. The van der Waals surface area contributed by atoms with Crippen LogP contribution in [0.15, 0.2) is 64.2 Å². The van der Waals surface area contributed by atoms with Crippen molar-refractivity contribution in [1.82, 2.24) is 9.55 Å². The van der Waals surface area contributed by atoms with Gasteiger partial charge in [0.05, 0.1) is 12.1 Å². The monoisotopic (exact) mass is 464 g/mol. The smallest absolute Gasteiger partial charge is 0.338 e. The van der Waals surface area contributed by atoms with Gasteiger partial charge in [-0.15, -0.1) is 0 Å². The molecule has 0 fully saturated rings. The van der Waals surface area contributed by atoms with Crippen molar-refractivity contribution >= 4 is 23.4 Å². The molecule has 3 N–H and O–H groups in total. The third-order valence-corrected chi connectivity index (χ3v) is 5.13. The molecule has 1 aromatic heterocycles. The van der Waals surface area contributed by atoms with Gasteiger partial charge >= 0.3 is 11.7 Å². The molecule has 9 heteroatoms. The predicted octanol–water partition coefficient (Wildman–Crippen LogP) is 2.32. The lowest BCUT2D eigenvalue weighted by atomic mass is 10.1. The molecule has 0 saturated carbocycles. The van der Waals surface area contributed by atoms with Gasteiger partial charge in [-0.05, 0) is 30.5 Å². The number of aryl methyl sites for hydroxylation is 1. The van der Waals surface area contributed by atoms with E-state index in [2.05, 4.69) is 4.98 Å². The van der Waals surface area contributed by atoms with E-state index in [4.69, 9.17) is 10.5 Å². The van der Waals surface area contributed by atoms with Gasteiger partial charge in [0.25, 0.3) is 11.5 Å². The Balaban J connectivity index is 1.90. The molecule has 0 saturated heterocycles. The molecule has 0 unspecified atom stereocenters. The third kappa shape index (κ3) is 5.80. The Hall–Kier alpha value is -4.14. The quantitative estimate of drug-likeness (QED) is 0.493. The van der Waals surface area contributed by atoms with Crippen LogP contribution in [0.25, 0.3) is 0 Å². The van der Waals surface area contributed by atoms with E-state index in [1.165, 1.54) is 9.47 Å². The van der Waals surface area contributed by atoms with Gasteiger partial charge < -0.3 is 15.4 Å². The van der Waals surface area contributed by atoms with Crippen molar-refractivity contribution in [2.45, 2.75) is 27.3 Å². The number of H-pyrrole nitrogens is 1. The highest BCUT2D eigenvalue weighted by Crippen LogP contribution is 2.20. The highest BCUT2D eigenvalue weighted by molar-refractivity contribution is 5.98. The fourth-order valence-corrected chi connectivity index (χ4v) is 3.42. The number of carbonyl (C=O) groups excluding carboxylic acids is 2. The lowest BCUT2D eigenvalue weighted by Crippen LogP contribution is -2.44. The Morgan fingerprint density at radius 3 is 2.32 bits per heavy atom. The average molecular weight is 465 g/mol. The maximum absolute atomic E-state index is 13.1. The van der Waals surface area contributed by atoms with Crippen LogP contribution in [-0.2, 0) is 16.1 Å². The Labute approximate surface area is 196 Å². The van der Waals surface area contributed by atoms with Crippen molar-refractivity contribution in [3.05, 3.63) is 92.1 Å². The van der Waals surface area contributed by atoms with Crippen LogP contribution in [0.4, 0.5) is 11.5 Å². The van der Waals surface area contributed by atoms with Crippen LogP contribution in [0.2, 0.25) is 0 Å². The first-order valence-electron chi connectivity index (χ1n) is 10.9. The van der Waals surface area contributed by atoms with Crippen molar-refractivity contribution < 1.29 is 14.3 Å². The summed E-state index contributed by atoms with van der Waals surface area (Å²) in [6, 6.07) is 15.9. The third-order valence-electron chi connectivity index (χ3n) is 5.13. The summed E-state index contributed by atoms with van der Waals surface area (Å²) in [6.45, 7) is 5.28. The van der Waals surface area contributed by atoms with Crippen molar-refractivity contribution in [1.29, 1.82) is 0 Å². The van der Waals surface area contributed by atoms with Gasteiger partial charge in [0.1, 0.15) is 5.82 Å². The molecule has 1 heterocycles. The van der Waals surface area contributed by atoms with Crippen molar-refractivity contribution in [2.75, 3.05) is 23.8 Å². The van der Waals surface area contributed by atoms with Gasteiger partial charge in [0.2, 0.25) is 0 Å². The number of nitrogens with zero attached hydrogens (tertiary/aromatic N) is 2. The van der Waals surface area contributed by atoms with Gasteiger partial charge in [0, 0.05) is 6.54 Å². The van der Waals surface area contributed by atoms with Crippen LogP contribution in [-0.4, -0.2) is 34.6 Å². The van der Waals surface area contributed by atoms with Gasteiger partial charge in [-0.2, -0.15) is 0 Å². The molecule has 0 aliphatic heterocycles. The van der Waals surface area contributed by atoms with E-state index in [1.54, 1.807) is 24.3 Å². The zero-order chi connectivity index (χ0) is 24.8. The number of hydrogen-bond donors (Lipinski definition) is 2. The zero-order valence-corrected chi connectivity index (χ0v) is 19.4. The molecule has 0 spiro atoms. The second kappa shape index (κ2) is 10.7. The second-order valence-electron chi connectivity index (χ2n) is 8.41. The summed E-state index contributed by atoms with van der Waals surface area (Å²) >= 11 is 0. The van der Waals surface area contributed by atoms with E-state index < -0.39 is 29.7 Å². The maximum Gasteiger partial charge on any atom is 0.338 e. The molecule has 0 atom stereocenters. The van der Waals surface area contributed by atoms with E-state index in [9.17, 15) is 19.2 Å². The molecule has 2 aromatic carbocycles. The van der Waals surface area contributed by atoms with Crippen molar-refractivity contribution in [3.63, 3.8) is 0 Å². The first kappa shape index (κ1) is 24.5. The molecule has 1 amide bonds. The Morgan fingerprint density at radius 1 is 1.06 bits per heavy atom. The van der Waals surface area contributed by atoms with Crippen LogP contribution >= 0.6 is 0 Å². The van der Waals surface area contributed by atoms with Crippen LogP contribution in [0.3, 0.4) is 0 Å². The molecule has 0 bridgehead atoms. The van der Waals surface area contributed by atoms with E-state index in [-0.39, 0.29) is 30.5 Å². The molecule has 0 aliphatic carbocycles. The summed E-state index contributed by atoms with van der Waals surface area (Å²) < 4.78 is 6.39. The number of carbonyl (C=O) groups is 2. The largest absolute Gasteiger partial charge is 0.452 e. The number of aromatic amines is 1. The summed E-state index contributed by atoms with van der Waals surface area (Å²) in [5.41, 5.74) is 6.71. The fraction of sp³-hybridized carbons (Fsp3) is 0.280. The lowest BCUT2D eigenvalue weighted by Gasteiger charge is -2.26. The van der Waals surface area contributed by atoms with E-state index >= 15 is 0 Å². The highest BCUT2D eigenvalue weighted by Gasteiger charge is 2.26. The highest BCUT2D eigenvalue weighted by atomic mass is 16.5. The summed E-state index contributed by atoms with van der Waals surface area (Å²) in [4.78, 5) is 54.1. The molecule has 178 valence electrons. The number of rotatable bonds is 8. The van der Waals surface area contributed by atoms with Gasteiger partial charge in [-0.25, -0.2) is 9.59 Å². The number of benzene rings is 2. The van der Waals surface area contributed by atoms with Crippen LogP contribution in [0, 0.1) is 12.8 Å². The Bertz CT molecular complexity index is 1280. The Kier molecular flexibility index (Phi) is 7.68. The minimum Gasteiger partial charge on any atom is -0.452 e. The number of hydrogen-bond acceptors (Lipinski definition) is 6. The number of nitrogen functional groups attached to an aromatic ring is 1. The minimum absolute atomic E-state index is 0.0370. The van der Waals surface area contributed by atoms with Gasteiger partial charge in [-0.1, -0.05) is 61.9 Å². The zero-order valence-electron chi connectivity index (χ0n) is 19.4. The number of esters is 1. The number of anilines is 2. The first-order valence-corrected chi connectivity index (χ1v) is 10.9. The molecule has 34 heavy (non-hydrogen) atoms. The normalized spacial score (nSPS) is 10.8. The molecule has 3 rings (SSSR count). The van der Waals surface area contributed by atoms with Crippen LogP contribution < -0.4 is 21.9 Å². The number of aromatic nitrogens is 2. The van der Waals surface area contributed by atoms with Gasteiger partial charge in [-0.3, -0.25) is 19.1 Å². The summed E-state index contributed by atoms with van der Waals surface area (Å²) in [7, 11) is 0. The lowest BCUT2D eigenvalue weighted by molar-refractivity contribution is -0.121. The number of amides is 1. The molecule has 9 nitrogen and oxygen atoms in total. The molecule has 3 aromatic rings. The molecule has 0 radical (unpaired) electrons. The number of nitrogens with two attached hydrogens (primary N) is 1. The van der Waals surface area contributed by atoms with Crippen molar-refractivity contribution in [3.8, 4) is 0 Å². The van der Waals surface area contributed by atoms with Crippen LogP contribution in [0.5, 0.6) is 0 Å². The number of ether oxygens (including phenoxy) is 1. The topological polar surface area (TPSA) is 127 Å². The van der Waals surface area contributed by atoms with Crippen LogP contribution in [0.1, 0.15) is 35.3 Å². The molecular formula is C25H28N4O5. The summed E-state index contributed by atoms with van der Waals surface area (Å²) in [5.74, 6) is -1.47. The van der Waals surface area contributed by atoms with E-state index in [1.807, 2.05) is 51.1 Å². The predicted molar refractivity (Wildman–Crippen MR) is 130 cm³/mol. The maximum atomic E-state index is 13.1. The Morgan fingerprint density at radius 2 is 1.71 bits per heavy atom. The summed E-state index contributed by atoms with van der Waals surface area (Å²) in [5, 5.41) is 0. The average Bonchev–Trinajstić information content (AvgIpc) is 2.80. The molecule has 0 aliphatic rings.